The van der Waals surface area contributed by atoms with Crippen molar-refractivity contribution in [2.24, 2.45) is 5.73 Å². The first kappa shape index (κ1) is 13.8. The van der Waals surface area contributed by atoms with E-state index in [-0.39, 0.29) is 18.6 Å². The van der Waals surface area contributed by atoms with Crippen molar-refractivity contribution in [2.75, 3.05) is 32.8 Å². The molecule has 0 saturated carbocycles. The van der Waals surface area contributed by atoms with Crippen LogP contribution < -0.4 is 5.73 Å². The SMILES string of the molecule is NC1CCN(CC(=O)N2CCCCC2CO)CC1. The van der Waals surface area contributed by atoms with Gasteiger partial charge in [0, 0.05) is 25.7 Å². The van der Waals surface area contributed by atoms with Crippen molar-refractivity contribution in [1.82, 2.24) is 9.80 Å². The number of nitrogens with zero attached hydrogens (tertiary/aromatic N) is 2. The smallest absolute Gasteiger partial charge is 0.237 e. The van der Waals surface area contributed by atoms with Gasteiger partial charge >= 0.3 is 0 Å². The molecule has 2 saturated heterocycles. The summed E-state index contributed by atoms with van der Waals surface area (Å²) < 4.78 is 0. The van der Waals surface area contributed by atoms with Gasteiger partial charge in [0.25, 0.3) is 0 Å². The van der Waals surface area contributed by atoms with E-state index >= 15 is 0 Å². The predicted octanol–water partition coefficient (Wildman–Crippen LogP) is -0.217. The lowest BCUT2D eigenvalue weighted by molar-refractivity contribution is -0.137. The second-order valence-electron chi connectivity index (χ2n) is 5.53. The molecule has 2 aliphatic rings. The molecule has 2 aliphatic heterocycles. The van der Waals surface area contributed by atoms with E-state index in [2.05, 4.69) is 4.90 Å². The summed E-state index contributed by atoms with van der Waals surface area (Å²) in [4.78, 5) is 16.3. The van der Waals surface area contributed by atoms with E-state index in [0.29, 0.717) is 12.6 Å². The highest BCUT2D eigenvalue weighted by Gasteiger charge is 2.27. The third kappa shape index (κ3) is 3.43. The zero-order valence-corrected chi connectivity index (χ0v) is 11.1. The summed E-state index contributed by atoms with van der Waals surface area (Å²) in [5.74, 6) is 0.171. The van der Waals surface area contributed by atoms with Crippen LogP contribution >= 0.6 is 0 Å². The molecule has 3 N–H and O–H groups in total. The fraction of sp³-hybridized carbons (Fsp3) is 0.923. The van der Waals surface area contributed by atoms with Crippen LogP contribution in [-0.4, -0.2) is 65.7 Å². The van der Waals surface area contributed by atoms with Crippen LogP contribution in [0.3, 0.4) is 0 Å². The molecule has 2 rings (SSSR count). The monoisotopic (exact) mass is 255 g/mol. The molecular weight excluding hydrogens is 230 g/mol. The minimum absolute atomic E-state index is 0.0401. The Bertz CT molecular complexity index is 277. The molecule has 2 heterocycles. The van der Waals surface area contributed by atoms with Crippen molar-refractivity contribution < 1.29 is 9.90 Å². The van der Waals surface area contributed by atoms with Gasteiger partial charge in [-0.25, -0.2) is 0 Å². The van der Waals surface area contributed by atoms with Crippen molar-refractivity contribution in [2.45, 2.75) is 44.2 Å². The summed E-state index contributed by atoms with van der Waals surface area (Å²) in [7, 11) is 0. The summed E-state index contributed by atoms with van der Waals surface area (Å²) in [5.41, 5.74) is 5.86. The molecule has 0 spiro atoms. The number of carbonyl (C=O) groups excluding carboxylic acids is 1. The van der Waals surface area contributed by atoms with Crippen LogP contribution in [0.5, 0.6) is 0 Å². The number of likely N-dealkylation sites (tertiary alicyclic amines) is 2. The van der Waals surface area contributed by atoms with Gasteiger partial charge in [0.1, 0.15) is 0 Å². The molecule has 1 unspecified atom stereocenters. The van der Waals surface area contributed by atoms with Crippen LogP contribution in [0.25, 0.3) is 0 Å². The number of amides is 1. The maximum absolute atomic E-state index is 12.3. The number of hydrogen-bond acceptors (Lipinski definition) is 4. The number of hydrogen-bond donors (Lipinski definition) is 2. The molecule has 0 aromatic rings. The number of aliphatic hydroxyl groups is 1. The zero-order chi connectivity index (χ0) is 13.0. The van der Waals surface area contributed by atoms with Crippen LogP contribution in [0, 0.1) is 0 Å². The van der Waals surface area contributed by atoms with E-state index in [1.54, 1.807) is 0 Å². The second-order valence-corrected chi connectivity index (χ2v) is 5.53. The van der Waals surface area contributed by atoms with Crippen molar-refractivity contribution in [3.8, 4) is 0 Å². The Hall–Kier alpha value is -0.650. The van der Waals surface area contributed by atoms with Crippen LogP contribution in [0.1, 0.15) is 32.1 Å². The maximum atomic E-state index is 12.3. The van der Waals surface area contributed by atoms with E-state index in [1.165, 1.54) is 0 Å². The van der Waals surface area contributed by atoms with Gasteiger partial charge in [-0.3, -0.25) is 9.69 Å². The minimum Gasteiger partial charge on any atom is -0.394 e. The van der Waals surface area contributed by atoms with Crippen LogP contribution in [-0.2, 0) is 4.79 Å². The Morgan fingerprint density at radius 1 is 1.17 bits per heavy atom. The molecule has 0 bridgehead atoms. The zero-order valence-electron chi connectivity index (χ0n) is 11.1. The summed E-state index contributed by atoms with van der Waals surface area (Å²) in [6, 6.07) is 0.342. The minimum atomic E-state index is 0.0401. The first-order valence-corrected chi connectivity index (χ1v) is 7.09. The number of nitrogens with two attached hydrogens (primary N) is 1. The molecule has 5 nitrogen and oxygen atoms in total. The van der Waals surface area contributed by atoms with Gasteiger partial charge in [-0.15, -0.1) is 0 Å². The molecular formula is C13H25N3O2. The Labute approximate surface area is 109 Å². The molecule has 0 radical (unpaired) electrons. The fourth-order valence-corrected chi connectivity index (χ4v) is 2.91. The topological polar surface area (TPSA) is 69.8 Å². The molecule has 0 aromatic heterocycles. The van der Waals surface area contributed by atoms with Crippen molar-refractivity contribution >= 4 is 5.91 Å². The quantitative estimate of drug-likeness (QED) is 0.732. The molecule has 1 atom stereocenters. The number of carbonyl (C=O) groups is 1. The Morgan fingerprint density at radius 3 is 2.56 bits per heavy atom. The van der Waals surface area contributed by atoms with E-state index in [0.717, 1.165) is 51.7 Å². The third-order valence-electron chi connectivity index (χ3n) is 4.15. The predicted molar refractivity (Wildman–Crippen MR) is 70.1 cm³/mol. The first-order chi connectivity index (χ1) is 8.70. The summed E-state index contributed by atoms with van der Waals surface area (Å²) >= 11 is 0. The number of piperidine rings is 2. The number of rotatable bonds is 3. The third-order valence-corrected chi connectivity index (χ3v) is 4.15. The average Bonchev–Trinajstić information content (AvgIpc) is 2.41. The van der Waals surface area contributed by atoms with E-state index in [1.807, 2.05) is 4.90 Å². The second kappa shape index (κ2) is 6.50. The first-order valence-electron chi connectivity index (χ1n) is 7.09. The average molecular weight is 255 g/mol. The highest BCUT2D eigenvalue weighted by Crippen LogP contribution is 2.17. The van der Waals surface area contributed by atoms with Crippen molar-refractivity contribution in [3.05, 3.63) is 0 Å². The largest absolute Gasteiger partial charge is 0.394 e. The Kier molecular flexibility index (Phi) is 4.97. The molecule has 0 aromatic carbocycles. The van der Waals surface area contributed by atoms with Crippen LogP contribution in [0.2, 0.25) is 0 Å². The van der Waals surface area contributed by atoms with Gasteiger partial charge in [-0.05, 0) is 32.1 Å². The maximum Gasteiger partial charge on any atom is 0.237 e. The van der Waals surface area contributed by atoms with Crippen LogP contribution in [0.15, 0.2) is 0 Å². The molecule has 5 heteroatoms. The molecule has 0 aliphatic carbocycles. The van der Waals surface area contributed by atoms with E-state index in [4.69, 9.17) is 5.73 Å². The van der Waals surface area contributed by atoms with Gasteiger partial charge < -0.3 is 15.7 Å². The lowest BCUT2D eigenvalue weighted by atomic mass is 10.0. The van der Waals surface area contributed by atoms with Crippen molar-refractivity contribution in [1.29, 1.82) is 0 Å². The van der Waals surface area contributed by atoms with Gasteiger partial charge in [0.2, 0.25) is 5.91 Å². The van der Waals surface area contributed by atoms with Gasteiger partial charge in [-0.1, -0.05) is 0 Å². The number of aliphatic hydroxyl groups excluding tert-OH is 1. The standard InChI is InChI=1S/C13H25N3O2/c14-11-4-7-15(8-5-11)9-13(18)16-6-2-1-3-12(16)10-17/h11-12,17H,1-10,14H2. The molecule has 104 valence electrons. The molecule has 2 fully saturated rings. The van der Waals surface area contributed by atoms with E-state index in [9.17, 15) is 9.90 Å². The summed E-state index contributed by atoms with van der Waals surface area (Å²) in [6.45, 7) is 3.23. The van der Waals surface area contributed by atoms with Crippen LogP contribution in [0.4, 0.5) is 0 Å². The van der Waals surface area contributed by atoms with E-state index < -0.39 is 0 Å². The van der Waals surface area contributed by atoms with Gasteiger partial charge in [0.05, 0.1) is 19.2 Å². The summed E-state index contributed by atoms with van der Waals surface area (Å²) in [5, 5.41) is 9.33. The Morgan fingerprint density at radius 2 is 1.89 bits per heavy atom. The fourth-order valence-electron chi connectivity index (χ4n) is 2.91. The highest BCUT2D eigenvalue weighted by molar-refractivity contribution is 5.78. The normalized spacial score (nSPS) is 27.4. The highest BCUT2D eigenvalue weighted by atomic mass is 16.3. The van der Waals surface area contributed by atoms with Gasteiger partial charge in [-0.2, -0.15) is 0 Å². The Balaban J connectivity index is 1.82. The summed E-state index contributed by atoms with van der Waals surface area (Å²) in [6.07, 6.45) is 5.08. The lowest BCUT2D eigenvalue weighted by Gasteiger charge is -2.37. The van der Waals surface area contributed by atoms with Crippen molar-refractivity contribution in [3.63, 3.8) is 0 Å². The molecule has 1 amide bonds. The van der Waals surface area contributed by atoms with Gasteiger partial charge in [0.15, 0.2) is 0 Å². The molecule has 18 heavy (non-hydrogen) atoms. The lowest BCUT2D eigenvalue weighted by Crippen LogP contribution is -2.51.